The summed E-state index contributed by atoms with van der Waals surface area (Å²) in [6.45, 7) is 4.77. The second-order valence-electron chi connectivity index (χ2n) is 6.99. The second kappa shape index (κ2) is 8.60. The van der Waals surface area contributed by atoms with Crippen LogP contribution in [0.25, 0.3) is 0 Å². The Morgan fingerprint density at radius 3 is 2.50 bits per heavy atom. The van der Waals surface area contributed by atoms with Gasteiger partial charge in [-0.1, -0.05) is 43.2 Å². The number of aliphatic hydroxyl groups is 1. The number of aliphatic hydroxyl groups excluding tert-OH is 1. The molecule has 1 aromatic carbocycles. The Bertz CT molecular complexity index is 515. The zero-order chi connectivity index (χ0) is 16.8. The summed E-state index contributed by atoms with van der Waals surface area (Å²) >= 11 is 0. The molecule has 2 aliphatic rings. The Kier molecular flexibility index (Phi) is 6.24. The van der Waals surface area contributed by atoms with E-state index in [4.69, 9.17) is 0 Å². The van der Waals surface area contributed by atoms with E-state index in [9.17, 15) is 9.90 Å². The van der Waals surface area contributed by atoms with Crippen molar-refractivity contribution < 1.29 is 9.90 Å². The van der Waals surface area contributed by atoms with E-state index < -0.39 is 0 Å². The van der Waals surface area contributed by atoms with E-state index in [0.717, 1.165) is 51.0 Å². The van der Waals surface area contributed by atoms with Crippen LogP contribution in [0.1, 0.15) is 31.2 Å². The lowest BCUT2D eigenvalue weighted by atomic mass is 9.91. The minimum absolute atomic E-state index is 0.0880. The van der Waals surface area contributed by atoms with E-state index in [1.54, 1.807) is 0 Å². The first-order chi connectivity index (χ1) is 11.7. The highest BCUT2D eigenvalue weighted by Crippen LogP contribution is 2.24. The first-order valence-corrected chi connectivity index (χ1v) is 9.17. The number of carbonyl (C=O) groups is 1. The van der Waals surface area contributed by atoms with Crippen LogP contribution < -0.4 is 5.32 Å². The molecule has 0 aromatic heterocycles. The molecule has 1 saturated heterocycles. The molecule has 1 saturated carbocycles. The lowest BCUT2D eigenvalue weighted by molar-refractivity contribution is -0.123. The predicted octanol–water partition coefficient (Wildman–Crippen LogP) is 1.22. The van der Waals surface area contributed by atoms with Gasteiger partial charge in [0.1, 0.15) is 0 Å². The maximum absolute atomic E-state index is 12.1. The zero-order valence-corrected chi connectivity index (χ0v) is 14.4. The molecule has 0 radical (unpaired) electrons. The van der Waals surface area contributed by atoms with E-state index in [2.05, 4.69) is 15.1 Å². The van der Waals surface area contributed by atoms with Crippen LogP contribution >= 0.6 is 0 Å². The van der Waals surface area contributed by atoms with Gasteiger partial charge in [-0.2, -0.15) is 0 Å². The van der Waals surface area contributed by atoms with Gasteiger partial charge in [-0.05, 0) is 18.4 Å². The molecule has 2 N–H and O–H groups in total. The average Bonchev–Trinajstić information content (AvgIpc) is 2.62. The van der Waals surface area contributed by atoms with Crippen molar-refractivity contribution in [1.82, 2.24) is 15.1 Å². The lowest BCUT2D eigenvalue weighted by Crippen LogP contribution is -2.55. The number of nitrogens with zero attached hydrogens (tertiary/aromatic N) is 2. The molecule has 5 nitrogen and oxygen atoms in total. The van der Waals surface area contributed by atoms with Gasteiger partial charge in [0.05, 0.1) is 12.6 Å². The molecule has 5 heteroatoms. The van der Waals surface area contributed by atoms with Crippen LogP contribution in [-0.2, 0) is 11.3 Å². The van der Waals surface area contributed by atoms with Gasteiger partial charge in [-0.15, -0.1) is 0 Å². The number of benzene rings is 1. The molecule has 1 heterocycles. The fourth-order valence-electron chi connectivity index (χ4n) is 3.83. The van der Waals surface area contributed by atoms with Crippen LogP contribution in [0, 0.1) is 0 Å². The largest absolute Gasteiger partial charge is 0.391 e. The van der Waals surface area contributed by atoms with Gasteiger partial charge in [0.15, 0.2) is 0 Å². The summed E-state index contributed by atoms with van der Waals surface area (Å²) in [4.78, 5) is 16.7. The molecule has 0 spiro atoms. The standard InChI is InChI=1S/C19H29N3O2/c23-18-9-5-4-8-17(18)22-12-10-21(11-13-22)15-19(24)20-14-16-6-2-1-3-7-16/h1-3,6-7,17-18,23H,4-5,8-15H2,(H,20,24). The Labute approximate surface area is 144 Å². The maximum Gasteiger partial charge on any atom is 0.234 e. The lowest BCUT2D eigenvalue weighted by Gasteiger charge is -2.42. The molecule has 1 amide bonds. The van der Waals surface area contributed by atoms with Gasteiger partial charge in [0, 0.05) is 38.8 Å². The van der Waals surface area contributed by atoms with Crippen LogP contribution in [0.3, 0.4) is 0 Å². The summed E-state index contributed by atoms with van der Waals surface area (Å²) in [6, 6.07) is 10.3. The molecule has 2 fully saturated rings. The summed E-state index contributed by atoms with van der Waals surface area (Å²) in [7, 11) is 0. The molecule has 1 aliphatic heterocycles. The molecular formula is C19H29N3O2. The Morgan fingerprint density at radius 1 is 1.08 bits per heavy atom. The van der Waals surface area contributed by atoms with Crippen molar-refractivity contribution in [3.05, 3.63) is 35.9 Å². The number of amides is 1. The summed E-state index contributed by atoms with van der Waals surface area (Å²) in [5.74, 6) is 0.0880. The molecule has 1 aromatic rings. The van der Waals surface area contributed by atoms with Crippen LogP contribution in [0.5, 0.6) is 0 Å². The number of carbonyl (C=O) groups excluding carboxylic acids is 1. The van der Waals surface area contributed by atoms with E-state index in [1.807, 2.05) is 30.3 Å². The summed E-state index contributed by atoms with van der Waals surface area (Å²) in [6.07, 6.45) is 4.26. The van der Waals surface area contributed by atoms with Crippen molar-refractivity contribution in [2.75, 3.05) is 32.7 Å². The Hall–Kier alpha value is -1.43. The van der Waals surface area contributed by atoms with Gasteiger partial charge in [0.25, 0.3) is 0 Å². The van der Waals surface area contributed by atoms with E-state index >= 15 is 0 Å². The molecule has 1 aliphatic carbocycles. The molecule has 132 valence electrons. The smallest absolute Gasteiger partial charge is 0.234 e. The topological polar surface area (TPSA) is 55.8 Å². The average molecular weight is 331 g/mol. The van der Waals surface area contributed by atoms with Crippen molar-refractivity contribution in [1.29, 1.82) is 0 Å². The van der Waals surface area contributed by atoms with Crippen molar-refractivity contribution >= 4 is 5.91 Å². The molecule has 2 atom stereocenters. The molecule has 2 unspecified atom stereocenters. The maximum atomic E-state index is 12.1. The van der Waals surface area contributed by atoms with Gasteiger partial charge >= 0.3 is 0 Å². The van der Waals surface area contributed by atoms with Crippen molar-refractivity contribution in [3.63, 3.8) is 0 Å². The number of hydrogen-bond acceptors (Lipinski definition) is 4. The highest BCUT2D eigenvalue weighted by molar-refractivity contribution is 5.78. The molecular weight excluding hydrogens is 302 g/mol. The van der Waals surface area contributed by atoms with E-state index in [-0.39, 0.29) is 12.0 Å². The predicted molar refractivity (Wildman–Crippen MR) is 94.6 cm³/mol. The number of nitrogens with one attached hydrogen (secondary N) is 1. The first-order valence-electron chi connectivity index (χ1n) is 9.17. The molecule has 24 heavy (non-hydrogen) atoms. The third kappa shape index (κ3) is 4.79. The van der Waals surface area contributed by atoms with Crippen LogP contribution in [0.4, 0.5) is 0 Å². The summed E-state index contributed by atoms with van der Waals surface area (Å²) in [5.41, 5.74) is 1.13. The first kappa shape index (κ1) is 17.4. The SMILES string of the molecule is O=C(CN1CCN(C2CCCCC2O)CC1)NCc1ccccc1. The van der Waals surface area contributed by atoms with Crippen LogP contribution in [-0.4, -0.2) is 65.7 Å². The minimum Gasteiger partial charge on any atom is -0.391 e. The second-order valence-corrected chi connectivity index (χ2v) is 6.99. The highest BCUT2D eigenvalue weighted by Gasteiger charge is 2.31. The fourth-order valence-corrected chi connectivity index (χ4v) is 3.83. The van der Waals surface area contributed by atoms with Crippen molar-refractivity contribution in [3.8, 4) is 0 Å². The normalized spacial score (nSPS) is 26.2. The van der Waals surface area contributed by atoms with Crippen molar-refractivity contribution in [2.45, 2.75) is 44.4 Å². The van der Waals surface area contributed by atoms with Gasteiger partial charge in [0.2, 0.25) is 5.91 Å². The quantitative estimate of drug-likeness (QED) is 0.852. The number of piperazine rings is 1. The zero-order valence-electron chi connectivity index (χ0n) is 14.4. The van der Waals surface area contributed by atoms with E-state index in [1.165, 1.54) is 6.42 Å². The van der Waals surface area contributed by atoms with E-state index in [0.29, 0.717) is 19.1 Å². The molecule has 0 bridgehead atoms. The Balaban J connectivity index is 1.38. The van der Waals surface area contributed by atoms with Gasteiger partial charge in [-0.25, -0.2) is 0 Å². The monoisotopic (exact) mass is 331 g/mol. The minimum atomic E-state index is -0.167. The van der Waals surface area contributed by atoms with Crippen LogP contribution in [0.15, 0.2) is 30.3 Å². The van der Waals surface area contributed by atoms with Gasteiger partial charge in [-0.3, -0.25) is 14.6 Å². The van der Waals surface area contributed by atoms with Gasteiger partial charge < -0.3 is 10.4 Å². The highest BCUT2D eigenvalue weighted by atomic mass is 16.3. The number of rotatable bonds is 5. The summed E-state index contributed by atoms with van der Waals surface area (Å²) in [5, 5.41) is 13.2. The third-order valence-electron chi connectivity index (χ3n) is 5.27. The Morgan fingerprint density at radius 2 is 1.79 bits per heavy atom. The van der Waals surface area contributed by atoms with Crippen molar-refractivity contribution in [2.24, 2.45) is 0 Å². The van der Waals surface area contributed by atoms with Crippen LogP contribution in [0.2, 0.25) is 0 Å². The third-order valence-corrected chi connectivity index (χ3v) is 5.27. The number of hydrogen-bond donors (Lipinski definition) is 2. The fraction of sp³-hybridized carbons (Fsp3) is 0.632. The summed E-state index contributed by atoms with van der Waals surface area (Å²) < 4.78 is 0. The molecule has 3 rings (SSSR count).